The molecular formula is C16H35NO. The minimum atomic E-state index is 0.185. The van der Waals surface area contributed by atoms with Crippen LogP contribution in [0.5, 0.6) is 0 Å². The van der Waals surface area contributed by atoms with Gasteiger partial charge in [0.15, 0.2) is 0 Å². The van der Waals surface area contributed by atoms with Crippen molar-refractivity contribution in [3.63, 3.8) is 0 Å². The zero-order chi connectivity index (χ0) is 15.0. The van der Waals surface area contributed by atoms with Gasteiger partial charge >= 0.3 is 0 Å². The number of hydrogen-bond donors (Lipinski definition) is 0. The largest absolute Gasteiger partial charge is 0.343 e. The summed E-state index contributed by atoms with van der Waals surface area (Å²) in [7, 11) is 0. The Morgan fingerprint density at radius 1 is 1.00 bits per heavy atom. The molecule has 0 heterocycles. The third-order valence-electron chi connectivity index (χ3n) is 3.36. The maximum absolute atomic E-state index is 11.4. The van der Waals surface area contributed by atoms with Crippen molar-refractivity contribution in [3.8, 4) is 0 Å². The molecule has 0 saturated carbocycles. The maximum Gasteiger partial charge on any atom is 0.219 e. The first-order valence-corrected chi connectivity index (χ1v) is 7.39. The lowest BCUT2D eigenvalue weighted by molar-refractivity contribution is -0.130. The Bertz CT molecular complexity index is 231. The van der Waals surface area contributed by atoms with Gasteiger partial charge in [0.05, 0.1) is 0 Å². The van der Waals surface area contributed by atoms with Gasteiger partial charge in [0.1, 0.15) is 0 Å². The molecule has 0 aliphatic rings. The Labute approximate surface area is 115 Å². The molecular weight excluding hydrogens is 222 g/mol. The van der Waals surface area contributed by atoms with E-state index in [1.807, 2.05) is 25.7 Å². The number of carbonyl (C=O) groups excluding carboxylic acids is 1. The van der Waals surface area contributed by atoms with E-state index in [-0.39, 0.29) is 11.3 Å². The lowest BCUT2D eigenvalue weighted by Crippen LogP contribution is -2.39. The lowest BCUT2D eigenvalue weighted by atomic mass is 9.73. The maximum atomic E-state index is 11.4. The predicted molar refractivity (Wildman–Crippen MR) is 81.7 cm³/mol. The molecule has 0 aromatic carbocycles. The number of rotatable bonds is 6. The topological polar surface area (TPSA) is 20.3 Å². The zero-order valence-corrected chi connectivity index (χ0v) is 14.2. The van der Waals surface area contributed by atoms with Gasteiger partial charge in [-0.15, -0.1) is 0 Å². The monoisotopic (exact) mass is 257 g/mol. The standard InChI is InChI=1S/C14H29NO.C2H6/c1-8-13(4,5)10-14(6,7)11-15(9-2)12(3)16;1-2/h8-11H2,1-7H3;1-2H3. The van der Waals surface area contributed by atoms with E-state index < -0.39 is 0 Å². The number of nitrogens with zero attached hydrogens (tertiary/aromatic N) is 1. The molecule has 0 aromatic rings. The molecule has 0 atom stereocenters. The molecule has 0 fully saturated rings. The fourth-order valence-electron chi connectivity index (χ4n) is 2.44. The summed E-state index contributed by atoms with van der Waals surface area (Å²) < 4.78 is 0. The molecule has 110 valence electrons. The molecule has 2 heteroatoms. The Balaban J connectivity index is 0. The molecule has 0 spiro atoms. The smallest absolute Gasteiger partial charge is 0.219 e. The molecule has 0 aromatic heterocycles. The van der Waals surface area contributed by atoms with Crippen LogP contribution in [0.15, 0.2) is 0 Å². The van der Waals surface area contributed by atoms with Crippen LogP contribution in [-0.4, -0.2) is 23.9 Å². The molecule has 0 saturated heterocycles. The van der Waals surface area contributed by atoms with E-state index in [1.54, 1.807) is 6.92 Å². The molecule has 0 bridgehead atoms. The van der Waals surface area contributed by atoms with Crippen molar-refractivity contribution < 1.29 is 4.79 Å². The summed E-state index contributed by atoms with van der Waals surface area (Å²) in [5.74, 6) is 0.185. The molecule has 2 nitrogen and oxygen atoms in total. The molecule has 0 unspecified atom stereocenters. The minimum absolute atomic E-state index is 0.185. The van der Waals surface area contributed by atoms with Crippen molar-refractivity contribution in [3.05, 3.63) is 0 Å². The zero-order valence-electron chi connectivity index (χ0n) is 14.2. The minimum Gasteiger partial charge on any atom is -0.343 e. The second kappa shape index (κ2) is 8.55. The third kappa shape index (κ3) is 8.54. The van der Waals surface area contributed by atoms with Crippen molar-refractivity contribution in [1.82, 2.24) is 4.90 Å². The van der Waals surface area contributed by atoms with Gasteiger partial charge in [0.2, 0.25) is 5.91 Å². The summed E-state index contributed by atoms with van der Waals surface area (Å²) in [6.45, 7) is 20.7. The van der Waals surface area contributed by atoms with Gasteiger partial charge in [0, 0.05) is 20.0 Å². The highest BCUT2D eigenvalue weighted by molar-refractivity contribution is 5.73. The molecule has 1 amide bonds. The van der Waals surface area contributed by atoms with Crippen molar-refractivity contribution in [2.75, 3.05) is 13.1 Å². The van der Waals surface area contributed by atoms with Gasteiger partial charge < -0.3 is 4.90 Å². The van der Waals surface area contributed by atoms with Crippen molar-refractivity contribution in [2.45, 2.75) is 75.2 Å². The summed E-state index contributed by atoms with van der Waals surface area (Å²) in [6.07, 6.45) is 2.34. The highest BCUT2D eigenvalue weighted by atomic mass is 16.2. The lowest BCUT2D eigenvalue weighted by Gasteiger charge is -2.37. The second-order valence-electron chi connectivity index (χ2n) is 6.39. The van der Waals surface area contributed by atoms with Crippen LogP contribution in [0.1, 0.15) is 75.2 Å². The van der Waals surface area contributed by atoms with Gasteiger partial charge in [-0.1, -0.05) is 54.9 Å². The van der Waals surface area contributed by atoms with Crippen LogP contribution in [0.2, 0.25) is 0 Å². The Morgan fingerprint density at radius 2 is 1.44 bits per heavy atom. The summed E-state index contributed by atoms with van der Waals surface area (Å²) in [5.41, 5.74) is 0.556. The average molecular weight is 257 g/mol. The van der Waals surface area contributed by atoms with Gasteiger partial charge in [-0.25, -0.2) is 0 Å². The Morgan fingerprint density at radius 3 is 1.72 bits per heavy atom. The number of hydrogen-bond acceptors (Lipinski definition) is 1. The van der Waals surface area contributed by atoms with E-state index in [4.69, 9.17) is 0 Å². The fourth-order valence-corrected chi connectivity index (χ4v) is 2.44. The SMILES string of the molecule is CC.CCN(CC(C)(C)CC(C)(C)CC)C(C)=O. The first-order valence-electron chi connectivity index (χ1n) is 7.39. The first kappa shape index (κ1) is 19.8. The molecule has 0 aliphatic heterocycles. The van der Waals surface area contributed by atoms with Gasteiger partial charge in [0.25, 0.3) is 0 Å². The predicted octanol–water partition coefficient (Wildman–Crippen LogP) is 4.73. The van der Waals surface area contributed by atoms with Gasteiger partial charge in [-0.2, -0.15) is 0 Å². The van der Waals surface area contributed by atoms with Crippen LogP contribution < -0.4 is 0 Å². The highest BCUT2D eigenvalue weighted by Gasteiger charge is 2.29. The van der Waals surface area contributed by atoms with Crippen molar-refractivity contribution in [2.24, 2.45) is 10.8 Å². The summed E-state index contributed by atoms with van der Waals surface area (Å²) in [6, 6.07) is 0. The molecule has 0 radical (unpaired) electrons. The van der Waals surface area contributed by atoms with Crippen LogP contribution in [0.4, 0.5) is 0 Å². The second-order valence-corrected chi connectivity index (χ2v) is 6.39. The van der Waals surface area contributed by atoms with Crippen molar-refractivity contribution >= 4 is 5.91 Å². The van der Waals surface area contributed by atoms with Crippen LogP contribution in [0.25, 0.3) is 0 Å². The van der Waals surface area contributed by atoms with Crippen LogP contribution in [0, 0.1) is 10.8 Å². The van der Waals surface area contributed by atoms with E-state index in [9.17, 15) is 4.79 Å². The summed E-state index contributed by atoms with van der Waals surface area (Å²) in [4.78, 5) is 13.4. The molecule has 0 N–H and O–H groups in total. The van der Waals surface area contributed by atoms with Gasteiger partial charge in [-0.05, 0) is 24.2 Å². The molecule has 18 heavy (non-hydrogen) atoms. The molecule has 0 rings (SSSR count). The normalized spacial score (nSPS) is 11.6. The van der Waals surface area contributed by atoms with E-state index in [0.29, 0.717) is 5.41 Å². The number of carbonyl (C=O) groups is 1. The van der Waals surface area contributed by atoms with E-state index >= 15 is 0 Å². The van der Waals surface area contributed by atoms with Crippen LogP contribution in [-0.2, 0) is 4.79 Å². The Kier molecular flexibility index (Phi) is 9.41. The molecule has 0 aliphatic carbocycles. The third-order valence-corrected chi connectivity index (χ3v) is 3.36. The van der Waals surface area contributed by atoms with E-state index in [2.05, 4.69) is 34.6 Å². The highest BCUT2D eigenvalue weighted by Crippen LogP contribution is 2.36. The number of amides is 1. The van der Waals surface area contributed by atoms with Gasteiger partial charge in [-0.3, -0.25) is 4.79 Å². The quantitative estimate of drug-likeness (QED) is 0.673. The van der Waals surface area contributed by atoms with Crippen LogP contribution in [0.3, 0.4) is 0 Å². The summed E-state index contributed by atoms with van der Waals surface area (Å²) in [5, 5.41) is 0. The Hall–Kier alpha value is -0.530. The van der Waals surface area contributed by atoms with Crippen LogP contribution >= 0.6 is 0 Å². The van der Waals surface area contributed by atoms with E-state index in [1.165, 1.54) is 6.42 Å². The fraction of sp³-hybridized carbons (Fsp3) is 0.938. The average Bonchev–Trinajstić information content (AvgIpc) is 2.27. The summed E-state index contributed by atoms with van der Waals surface area (Å²) >= 11 is 0. The van der Waals surface area contributed by atoms with E-state index in [0.717, 1.165) is 19.5 Å². The first-order chi connectivity index (χ1) is 8.13. The van der Waals surface area contributed by atoms with Crippen molar-refractivity contribution in [1.29, 1.82) is 0 Å².